The van der Waals surface area contributed by atoms with Gasteiger partial charge in [0.1, 0.15) is 0 Å². The van der Waals surface area contributed by atoms with Crippen LogP contribution in [-0.4, -0.2) is 28.0 Å². The standard InChI is InChI=1S/C27H33N5O.H2/c1-6-15(2)30-24(33)19-14-29-25(32-22(19)18-9-7-17(13-28)8-10-18)31-20-11-27-12-21(27)26(4,5)23(27)16(20)3;/h7-10,14-16,20-21,23H,6,11-12H2,1-5H3,(H,30,33)(H,29,31,32);1H. The fourth-order valence-corrected chi connectivity index (χ4v) is 7.20. The van der Waals surface area contributed by atoms with Gasteiger partial charge < -0.3 is 10.6 Å². The largest absolute Gasteiger partial charge is 0.351 e. The lowest BCUT2D eigenvalue weighted by atomic mass is 9.55. The molecule has 174 valence electrons. The van der Waals surface area contributed by atoms with E-state index in [1.54, 1.807) is 18.3 Å². The first-order valence-electron chi connectivity index (χ1n) is 12.2. The molecule has 5 rings (SSSR count). The summed E-state index contributed by atoms with van der Waals surface area (Å²) in [6.07, 6.45) is 5.02. The number of nitriles is 1. The average molecular weight is 446 g/mol. The normalized spacial score (nSPS) is 31.4. The van der Waals surface area contributed by atoms with Crippen molar-refractivity contribution in [3.05, 3.63) is 41.6 Å². The van der Waals surface area contributed by atoms with Gasteiger partial charge in [0, 0.05) is 25.3 Å². The Balaban J connectivity index is 0.00000274. The Kier molecular flexibility index (Phi) is 5.00. The lowest BCUT2D eigenvalue weighted by Gasteiger charge is -2.49. The van der Waals surface area contributed by atoms with E-state index in [2.05, 4.69) is 42.5 Å². The molecule has 1 heterocycles. The van der Waals surface area contributed by atoms with Gasteiger partial charge in [0.2, 0.25) is 5.95 Å². The molecule has 1 amide bonds. The SMILES string of the molecule is CCC(C)NC(=O)c1cnc(NC2CC34CC3C(C)(C)C4C2C)nc1-c1ccc(C#N)cc1.[HH]. The average Bonchev–Trinajstić information content (AvgIpc) is 3.41. The monoisotopic (exact) mass is 445 g/mol. The number of nitrogens with zero attached hydrogens (tertiary/aromatic N) is 3. The summed E-state index contributed by atoms with van der Waals surface area (Å²) in [6.45, 7) is 11.2. The smallest absolute Gasteiger partial charge is 0.255 e. The van der Waals surface area contributed by atoms with Crippen LogP contribution in [0.5, 0.6) is 0 Å². The number of hydrogen-bond donors (Lipinski definition) is 2. The zero-order valence-electron chi connectivity index (χ0n) is 20.1. The van der Waals surface area contributed by atoms with Gasteiger partial charge in [-0.15, -0.1) is 0 Å². The highest BCUT2D eigenvalue weighted by atomic mass is 16.1. The summed E-state index contributed by atoms with van der Waals surface area (Å²) in [7, 11) is 0. The minimum Gasteiger partial charge on any atom is -0.351 e. The van der Waals surface area contributed by atoms with Crippen LogP contribution in [0, 0.1) is 39.9 Å². The van der Waals surface area contributed by atoms with Crippen LogP contribution in [0.3, 0.4) is 0 Å². The van der Waals surface area contributed by atoms with E-state index in [1.807, 2.05) is 26.0 Å². The lowest BCUT2D eigenvalue weighted by molar-refractivity contribution is -0.0199. The van der Waals surface area contributed by atoms with E-state index < -0.39 is 0 Å². The first-order chi connectivity index (χ1) is 15.7. The number of anilines is 1. The number of benzene rings is 1. The van der Waals surface area contributed by atoms with Gasteiger partial charge in [-0.05, 0) is 66.9 Å². The summed E-state index contributed by atoms with van der Waals surface area (Å²) in [4.78, 5) is 22.4. The van der Waals surface area contributed by atoms with E-state index in [0.29, 0.717) is 45.6 Å². The molecule has 2 N–H and O–H groups in total. The van der Waals surface area contributed by atoms with Crippen molar-refractivity contribution < 1.29 is 6.22 Å². The molecule has 1 aromatic heterocycles. The third-order valence-corrected chi connectivity index (χ3v) is 8.82. The highest BCUT2D eigenvalue weighted by Crippen LogP contribution is 2.86. The van der Waals surface area contributed by atoms with Crippen molar-refractivity contribution >= 4 is 11.9 Å². The van der Waals surface area contributed by atoms with E-state index >= 15 is 0 Å². The maximum absolute atomic E-state index is 13.0. The molecule has 2 aromatic rings. The summed E-state index contributed by atoms with van der Waals surface area (Å²) < 4.78 is 0. The first kappa shape index (κ1) is 21.9. The summed E-state index contributed by atoms with van der Waals surface area (Å²) in [5.74, 6) is 2.58. The number of nitrogens with one attached hydrogen (secondary N) is 2. The Hall–Kier alpha value is -2.94. The van der Waals surface area contributed by atoms with Crippen molar-refractivity contribution in [2.75, 3.05) is 5.32 Å². The fraction of sp³-hybridized carbons (Fsp3) is 0.556. The van der Waals surface area contributed by atoms with E-state index in [-0.39, 0.29) is 13.4 Å². The van der Waals surface area contributed by atoms with E-state index in [1.165, 1.54) is 12.8 Å². The van der Waals surface area contributed by atoms with Crippen LogP contribution >= 0.6 is 0 Å². The molecule has 0 radical (unpaired) electrons. The van der Waals surface area contributed by atoms with Crippen molar-refractivity contribution in [1.82, 2.24) is 15.3 Å². The molecule has 0 bridgehead atoms. The van der Waals surface area contributed by atoms with Crippen LogP contribution in [0.2, 0.25) is 0 Å². The van der Waals surface area contributed by atoms with Gasteiger partial charge in [0.25, 0.3) is 5.91 Å². The molecule has 3 aliphatic rings. The molecule has 6 heteroatoms. The maximum Gasteiger partial charge on any atom is 0.255 e. The van der Waals surface area contributed by atoms with Crippen LogP contribution < -0.4 is 10.6 Å². The zero-order chi connectivity index (χ0) is 23.5. The molecule has 3 fully saturated rings. The number of carbonyl (C=O) groups excluding carboxylic acids is 1. The van der Waals surface area contributed by atoms with Crippen molar-refractivity contribution in [1.29, 1.82) is 5.26 Å². The zero-order valence-corrected chi connectivity index (χ0v) is 20.1. The minimum atomic E-state index is -0.177. The van der Waals surface area contributed by atoms with Gasteiger partial charge in [-0.2, -0.15) is 5.26 Å². The molecule has 0 aliphatic heterocycles. The molecule has 3 aliphatic carbocycles. The number of hydrogen-bond acceptors (Lipinski definition) is 5. The molecule has 6 nitrogen and oxygen atoms in total. The first-order valence-corrected chi connectivity index (χ1v) is 12.2. The number of amides is 1. The quantitative estimate of drug-likeness (QED) is 0.632. The Morgan fingerprint density at radius 2 is 2.03 bits per heavy atom. The summed E-state index contributed by atoms with van der Waals surface area (Å²) >= 11 is 0. The number of carbonyl (C=O) groups is 1. The molecule has 0 saturated heterocycles. The van der Waals surface area contributed by atoms with Crippen LogP contribution in [0.15, 0.2) is 30.5 Å². The van der Waals surface area contributed by atoms with Gasteiger partial charge in [0.05, 0.1) is 22.9 Å². The number of aromatic nitrogens is 2. The lowest BCUT2D eigenvalue weighted by Crippen LogP contribution is -2.45. The Morgan fingerprint density at radius 3 is 2.64 bits per heavy atom. The Morgan fingerprint density at radius 1 is 1.30 bits per heavy atom. The van der Waals surface area contributed by atoms with Crippen LogP contribution in [0.25, 0.3) is 11.3 Å². The second kappa shape index (κ2) is 7.55. The molecule has 6 unspecified atom stereocenters. The van der Waals surface area contributed by atoms with Gasteiger partial charge in [-0.3, -0.25) is 4.79 Å². The molecule has 3 saturated carbocycles. The van der Waals surface area contributed by atoms with Crippen LogP contribution in [-0.2, 0) is 0 Å². The summed E-state index contributed by atoms with van der Waals surface area (Å²) in [5, 5.41) is 15.8. The molecule has 6 atom stereocenters. The van der Waals surface area contributed by atoms with E-state index in [9.17, 15) is 4.79 Å². The van der Waals surface area contributed by atoms with Gasteiger partial charge >= 0.3 is 0 Å². The predicted octanol–water partition coefficient (Wildman–Crippen LogP) is 5.27. The minimum absolute atomic E-state index is 0. The second-order valence-corrected chi connectivity index (χ2v) is 11.0. The van der Waals surface area contributed by atoms with Crippen molar-refractivity contribution in [3.63, 3.8) is 0 Å². The van der Waals surface area contributed by atoms with Gasteiger partial charge in [-0.25, -0.2) is 9.97 Å². The van der Waals surface area contributed by atoms with Crippen LogP contribution in [0.1, 0.15) is 71.2 Å². The Labute approximate surface area is 197 Å². The second-order valence-electron chi connectivity index (χ2n) is 11.0. The number of rotatable bonds is 6. The van der Waals surface area contributed by atoms with Crippen molar-refractivity contribution in [3.8, 4) is 17.3 Å². The van der Waals surface area contributed by atoms with Gasteiger partial charge in [-0.1, -0.05) is 39.8 Å². The molecule has 1 aromatic carbocycles. The topological polar surface area (TPSA) is 90.7 Å². The fourth-order valence-electron chi connectivity index (χ4n) is 7.20. The maximum atomic E-state index is 13.0. The van der Waals surface area contributed by atoms with Gasteiger partial charge in [0.15, 0.2) is 0 Å². The molecular weight excluding hydrogens is 410 g/mol. The predicted molar refractivity (Wildman–Crippen MR) is 131 cm³/mol. The molecular formula is C27H35N5O. The Bertz CT molecular complexity index is 1140. The highest BCUT2D eigenvalue weighted by Gasteiger charge is 2.81. The van der Waals surface area contributed by atoms with E-state index in [4.69, 9.17) is 10.2 Å². The summed E-state index contributed by atoms with van der Waals surface area (Å²) in [6, 6.07) is 9.76. The van der Waals surface area contributed by atoms with Crippen LogP contribution in [0.4, 0.5) is 5.95 Å². The third-order valence-electron chi connectivity index (χ3n) is 8.82. The van der Waals surface area contributed by atoms with Crippen molar-refractivity contribution in [2.45, 2.75) is 66.0 Å². The van der Waals surface area contributed by atoms with E-state index in [0.717, 1.165) is 23.8 Å². The third kappa shape index (κ3) is 3.32. The van der Waals surface area contributed by atoms with Crippen molar-refractivity contribution in [2.24, 2.45) is 28.6 Å². The highest BCUT2D eigenvalue weighted by molar-refractivity contribution is 6.00. The molecule has 1 spiro atoms. The molecule has 33 heavy (non-hydrogen) atoms. The summed E-state index contributed by atoms with van der Waals surface area (Å²) in [5.41, 5.74) is 3.39.